The smallest absolute Gasteiger partial charge is 0.224 e. The van der Waals surface area contributed by atoms with E-state index in [4.69, 9.17) is 0 Å². The summed E-state index contributed by atoms with van der Waals surface area (Å²) in [5, 5.41) is 2.75. The van der Waals surface area contributed by atoms with Gasteiger partial charge < -0.3 is 10.2 Å². The van der Waals surface area contributed by atoms with Crippen molar-refractivity contribution < 1.29 is 9.59 Å². The first-order valence-electron chi connectivity index (χ1n) is 5.18. The molecule has 0 unspecified atom stereocenters. The number of nitrogens with one attached hydrogen (secondary N) is 1. The van der Waals surface area contributed by atoms with Crippen LogP contribution >= 0.6 is 0 Å². The van der Waals surface area contributed by atoms with E-state index < -0.39 is 0 Å². The highest BCUT2D eigenvalue weighted by Crippen LogP contribution is 2.18. The summed E-state index contributed by atoms with van der Waals surface area (Å²) in [4.78, 5) is 23.9. The Hall–Kier alpha value is -1.84. The summed E-state index contributed by atoms with van der Waals surface area (Å²) in [7, 11) is 1.70. The van der Waals surface area contributed by atoms with E-state index in [0.717, 1.165) is 5.69 Å². The van der Waals surface area contributed by atoms with E-state index in [9.17, 15) is 9.59 Å². The molecule has 0 bridgehead atoms. The van der Waals surface area contributed by atoms with Crippen LogP contribution in [0.3, 0.4) is 0 Å². The SMILES string of the molecule is CCC(=O)Nc1cccc(N(C)C(C)=O)c1. The van der Waals surface area contributed by atoms with Gasteiger partial charge in [0, 0.05) is 31.8 Å². The van der Waals surface area contributed by atoms with Crippen molar-refractivity contribution in [2.75, 3.05) is 17.3 Å². The van der Waals surface area contributed by atoms with Gasteiger partial charge in [0.05, 0.1) is 0 Å². The molecule has 0 fully saturated rings. The summed E-state index contributed by atoms with van der Waals surface area (Å²) in [6.45, 7) is 3.29. The summed E-state index contributed by atoms with van der Waals surface area (Å²) >= 11 is 0. The van der Waals surface area contributed by atoms with Crippen LogP contribution in [0.5, 0.6) is 0 Å². The topological polar surface area (TPSA) is 49.4 Å². The molecule has 4 nitrogen and oxygen atoms in total. The van der Waals surface area contributed by atoms with Gasteiger partial charge in [-0.25, -0.2) is 0 Å². The largest absolute Gasteiger partial charge is 0.326 e. The molecule has 0 atom stereocenters. The van der Waals surface area contributed by atoms with E-state index in [1.54, 1.807) is 32.2 Å². The predicted octanol–water partition coefficient (Wildman–Crippen LogP) is 2.02. The second-order valence-electron chi connectivity index (χ2n) is 3.53. The lowest BCUT2D eigenvalue weighted by Gasteiger charge is -2.16. The lowest BCUT2D eigenvalue weighted by Crippen LogP contribution is -2.22. The minimum Gasteiger partial charge on any atom is -0.326 e. The monoisotopic (exact) mass is 220 g/mol. The van der Waals surface area contributed by atoms with E-state index in [0.29, 0.717) is 12.1 Å². The standard InChI is InChI=1S/C12H16N2O2/c1-4-12(16)13-10-6-5-7-11(8-10)14(3)9(2)15/h5-8H,4H2,1-3H3,(H,13,16). The number of hydrogen-bond donors (Lipinski definition) is 1. The van der Waals surface area contributed by atoms with Gasteiger partial charge >= 0.3 is 0 Å². The van der Waals surface area contributed by atoms with Crippen molar-refractivity contribution in [3.63, 3.8) is 0 Å². The minimum atomic E-state index is -0.0426. The molecule has 1 aromatic carbocycles. The Morgan fingerprint density at radius 3 is 2.62 bits per heavy atom. The number of rotatable bonds is 3. The minimum absolute atomic E-state index is 0.0392. The highest BCUT2D eigenvalue weighted by molar-refractivity contribution is 5.94. The van der Waals surface area contributed by atoms with Crippen LogP contribution in [0.2, 0.25) is 0 Å². The molecule has 0 aromatic heterocycles. The molecule has 2 amide bonds. The summed E-state index contributed by atoms with van der Waals surface area (Å²) < 4.78 is 0. The van der Waals surface area contributed by atoms with Crippen LogP contribution in [0.4, 0.5) is 11.4 Å². The third-order valence-corrected chi connectivity index (χ3v) is 2.31. The molecular formula is C12H16N2O2. The molecule has 0 saturated carbocycles. The average molecular weight is 220 g/mol. The zero-order valence-corrected chi connectivity index (χ0v) is 9.78. The number of carbonyl (C=O) groups is 2. The van der Waals surface area contributed by atoms with Crippen molar-refractivity contribution in [1.29, 1.82) is 0 Å². The van der Waals surface area contributed by atoms with Gasteiger partial charge in [0.25, 0.3) is 0 Å². The van der Waals surface area contributed by atoms with Gasteiger partial charge in [0.1, 0.15) is 0 Å². The lowest BCUT2D eigenvalue weighted by atomic mass is 10.2. The Balaban J connectivity index is 2.86. The van der Waals surface area contributed by atoms with Crippen molar-refractivity contribution >= 4 is 23.2 Å². The highest BCUT2D eigenvalue weighted by Gasteiger charge is 2.06. The second-order valence-corrected chi connectivity index (χ2v) is 3.53. The van der Waals surface area contributed by atoms with E-state index in [1.165, 1.54) is 11.8 Å². The van der Waals surface area contributed by atoms with Crippen molar-refractivity contribution in [1.82, 2.24) is 0 Å². The van der Waals surface area contributed by atoms with Gasteiger partial charge in [-0.15, -0.1) is 0 Å². The summed E-state index contributed by atoms with van der Waals surface area (Å²) in [5.41, 5.74) is 1.47. The Bertz CT molecular complexity index is 402. The third-order valence-electron chi connectivity index (χ3n) is 2.31. The van der Waals surface area contributed by atoms with Crippen LogP contribution in [0.1, 0.15) is 20.3 Å². The molecule has 0 spiro atoms. The van der Waals surface area contributed by atoms with Gasteiger partial charge in [-0.3, -0.25) is 9.59 Å². The van der Waals surface area contributed by atoms with Gasteiger partial charge in [-0.2, -0.15) is 0 Å². The second kappa shape index (κ2) is 5.30. The van der Waals surface area contributed by atoms with Gasteiger partial charge in [0.2, 0.25) is 11.8 Å². The van der Waals surface area contributed by atoms with Crippen LogP contribution in [-0.2, 0) is 9.59 Å². The Labute approximate surface area is 95.3 Å². The maximum absolute atomic E-state index is 11.2. The Kier molecular flexibility index (Phi) is 4.05. The van der Waals surface area contributed by atoms with E-state index in [1.807, 2.05) is 6.07 Å². The molecule has 0 aliphatic carbocycles. The number of hydrogen-bond acceptors (Lipinski definition) is 2. The summed E-state index contributed by atoms with van der Waals surface area (Å²) in [6, 6.07) is 7.20. The van der Waals surface area contributed by atoms with E-state index in [-0.39, 0.29) is 11.8 Å². The Morgan fingerprint density at radius 2 is 2.06 bits per heavy atom. The van der Waals surface area contributed by atoms with Crippen LogP contribution in [-0.4, -0.2) is 18.9 Å². The average Bonchev–Trinajstić information content (AvgIpc) is 2.28. The zero-order chi connectivity index (χ0) is 12.1. The van der Waals surface area contributed by atoms with Crippen LogP contribution in [0.25, 0.3) is 0 Å². The summed E-state index contributed by atoms with van der Waals surface area (Å²) in [6.07, 6.45) is 0.437. The molecule has 0 aliphatic rings. The Morgan fingerprint density at radius 1 is 1.38 bits per heavy atom. The van der Waals surface area contributed by atoms with Gasteiger partial charge in [-0.05, 0) is 18.2 Å². The number of benzene rings is 1. The fourth-order valence-corrected chi connectivity index (χ4v) is 1.22. The van der Waals surface area contributed by atoms with Crippen molar-refractivity contribution in [3.05, 3.63) is 24.3 Å². The maximum Gasteiger partial charge on any atom is 0.224 e. The molecule has 0 aliphatic heterocycles. The number of nitrogens with zero attached hydrogens (tertiary/aromatic N) is 1. The first kappa shape index (κ1) is 12.2. The number of amides is 2. The molecule has 1 N–H and O–H groups in total. The lowest BCUT2D eigenvalue weighted by molar-refractivity contribution is -0.116. The fourth-order valence-electron chi connectivity index (χ4n) is 1.22. The van der Waals surface area contributed by atoms with Crippen molar-refractivity contribution in [3.8, 4) is 0 Å². The molecule has 16 heavy (non-hydrogen) atoms. The molecule has 86 valence electrons. The van der Waals surface area contributed by atoms with E-state index in [2.05, 4.69) is 5.32 Å². The van der Waals surface area contributed by atoms with Crippen LogP contribution in [0.15, 0.2) is 24.3 Å². The predicted molar refractivity (Wildman–Crippen MR) is 64.4 cm³/mol. The third kappa shape index (κ3) is 3.08. The molecular weight excluding hydrogens is 204 g/mol. The molecule has 0 saturated heterocycles. The molecule has 1 rings (SSSR count). The molecule has 1 aromatic rings. The molecule has 0 radical (unpaired) electrons. The zero-order valence-electron chi connectivity index (χ0n) is 9.78. The first-order chi connectivity index (χ1) is 7.54. The first-order valence-corrected chi connectivity index (χ1v) is 5.18. The van der Waals surface area contributed by atoms with Crippen LogP contribution in [0, 0.1) is 0 Å². The summed E-state index contributed by atoms with van der Waals surface area (Å²) in [5.74, 6) is -0.0819. The molecule has 0 heterocycles. The molecule has 4 heteroatoms. The van der Waals surface area contributed by atoms with Crippen molar-refractivity contribution in [2.24, 2.45) is 0 Å². The van der Waals surface area contributed by atoms with E-state index >= 15 is 0 Å². The normalized spacial score (nSPS) is 9.69. The van der Waals surface area contributed by atoms with Crippen molar-refractivity contribution in [2.45, 2.75) is 20.3 Å². The quantitative estimate of drug-likeness (QED) is 0.847. The maximum atomic E-state index is 11.2. The van der Waals surface area contributed by atoms with Gasteiger partial charge in [0.15, 0.2) is 0 Å². The van der Waals surface area contributed by atoms with Crippen LogP contribution < -0.4 is 10.2 Å². The number of carbonyl (C=O) groups excluding carboxylic acids is 2. The fraction of sp³-hybridized carbons (Fsp3) is 0.333. The number of anilines is 2. The highest BCUT2D eigenvalue weighted by atomic mass is 16.2. The van der Waals surface area contributed by atoms with Gasteiger partial charge in [-0.1, -0.05) is 13.0 Å².